The van der Waals surface area contributed by atoms with Crippen LogP contribution in [0.15, 0.2) is 79.1 Å². The van der Waals surface area contributed by atoms with E-state index in [4.69, 9.17) is 4.74 Å². The Morgan fingerprint density at radius 2 is 1.76 bits per heavy atom. The molecule has 0 bridgehead atoms. The Morgan fingerprint density at radius 3 is 2.48 bits per heavy atom. The monoisotopic (exact) mass is 385 g/mol. The summed E-state index contributed by atoms with van der Waals surface area (Å²) in [5.41, 5.74) is 1.87. The highest BCUT2D eigenvalue weighted by molar-refractivity contribution is 5.99. The normalized spacial score (nSPS) is 11.8. The molecule has 1 heterocycles. The third kappa shape index (κ3) is 4.16. The molecule has 0 aliphatic heterocycles. The van der Waals surface area contributed by atoms with E-state index in [2.05, 4.69) is 15.3 Å². The summed E-state index contributed by atoms with van der Waals surface area (Å²) in [5, 5.41) is 4.90. The molecule has 0 saturated carbocycles. The van der Waals surface area contributed by atoms with Crippen molar-refractivity contribution < 1.29 is 14.3 Å². The number of ether oxygens (including phenoxy) is 1. The van der Waals surface area contributed by atoms with Gasteiger partial charge in [0.15, 0.2) is 6.10 Å². The maximum atomic E-state index is 12.4. The average molecular weight is 385 g/mol. The third-order valence-corrected chi connectivity index (χ3v) is 4.56. The number of nitrogens with zero attached hydrogens (tertiary/aromatic N) is 1. The van der Waals surface area contributed by atoms with Crippen molar-refractivity contribution in [2.75, 3.05) is 5.32 Å². The molecular weight excluding hydrogens is 366 g/mol. The second-order valence-electron chi connectivity index (χ2n) is 6.61. The molecule has 1 unspecified atom stereocenters. The number of anilines is 1. The molecule has 0 saturated heterocycles. The second-order valence-corrected chi connectivity index (χ2v) is 6.61. The number of esters is 1. The van der Waals surface area contributed by atoms with Crippen molar-refractivity contribution in [2.45, 2.75) is 13.0 Å². The average Bonchev–Trinajstić information content (AvgIpc) is 3.28. The zero-order chi connectivity index (χ0) is 20.2. The number of aromatic amines is 1. The van der Waals surface area contributed by atoms with Gasteiger partial charge in [0, 0.05) is 23.6 Å². The number of carbonyl (C=O) groups is 2. The Hall–Kier alpha value is -3.93. The topological polar surface area (TPSA) is 84.1 Å². The minimum absolute atomic E-state index is 0.366. The minimum atomic E-state index is -0.932. The number of amides is 1. The highest BCUT2D eigenvalue weighted by Crippen LogP contribution is 2.19. The second kappa shape index (κ2) is 7.98. The predicted molar refractivity (Wildman–Crippen MR) is 111 cm³/mol. The Bertz CT molecular complexity index is 1150. The molecule has 4 rings (SSSR count). The van der Waals surface area contributed by atoms with Gasteiger partial charge in [0.25, 0.3) is 5.91 Å². The van der Waals surface area contributed by atoms with E-state index in [0.29, 0.717) is 17.1 Å². The number of fused-ring (bicyclic) bond motifs is 1. The molecule has 2 N–H and O–H groups in total. The summed E-state index contributed by atoms with van der Waals surface area (Å²) in [6.45, 7) is 1.55. The lowest BCUT2D eigenvalue weighted by atomic mass is 10.1. The van der Waals surface area contributed by atoms with E-state index >= 15 is 0 Å². The molecule has 0 aliphatic carbocycles. The number of imidazole rings is 1. The molecule has 6 heteroatoms. The summed E-state index contributed by atoms with van der Waals surface area (Å²) in [4.78, 5) is 32.0. The van der Waals surface area contributed by atoms with Crippen LogP contribution in [0, 0.1) is 0 Å². The van der Waals surface area contributed by atoms with E-state index in [0.717, 1.165) is 16.3 Å². The van der Waals surface area contributed by atoms with Gasteiger partial charge in [-0.2, -0.15) is 0 Å². The third-order valence-electron chi connectivity index (χ3n) is 4.56. The van der Waals surface area contributed by atoms with Crippen molar-refractivity contribution in [1.29, 1.82) is 0 Å². The maximum absolute atomic E-state index is 12.4. The van der Waals surface area contributed by atoms with Crippen molar-refractivity contribution in [3.05, 3.63) is 84.7 Å². The lowest BCUT2D eigenvalue weighted by molar-refractivity contribution is -0.123. The fraction of sp³-hybridized carbons (Fsp3) is 0.0870. The molecule has 1 atom stereocenters. The summed E-state index contributed by atoms with van der Waals surface area (Å²) in [6.07, 6.45) is 2.46. The Labute approximate surface area is 167 Å². The van der Waals surface area contributed by atoms with Crippen molar-refractivity contribution in [1.82, 2.24) is 9.97 Å². The van der Waals surface area contributed by atoms with Crippen molar-refractivity contribution in [2.24, 2.45) is 0 Å². The Morgan fingerprint density at radius 1 is 1.00 bits per heavy atom. The fourth-order valence-corrected chi connectivity index (χ4v) is 2.98. The first-order chi connectivity index (χ1) is 14.1. The van der Waals surface area contributed by atoms with Crippen LogP contribution in [0.25, 0.3) is 22.2 Å². The quantitative estimate of drug-likeness (QED) is 0.498. The first-order valence-electron chi connectivity index (χ1n) is 9.20. The predicted octanol–water partition coefficient (Wildman–Crippen LogP) is 4.41. The van der Waals surface area contributed by atoms with Gasteiger partial charge in [-0.15, -0.1) is 0 Å². The number of rotatable bonds is 5. The molecule has 144 valence electrons. The van der Waals surface area contributed by atoms with E-state index in [1.807, 2.05) is 42.5 Å². The molecule has 1 aromatic heterocycles. The van der Waals surface area contributed by atoms with Crippen molar-refractivity contribution in [3.63, 3.8) is 0 Å². The lowest BCUT2D eigenvalue weighted by Gasteiger charge is -2.14. The van der Waals surface area contributed by atoms with Gasteiger partial charge in [0.1, 0.15) is 5.82 Å². The number of nitrogens with one attached hydrogen (secondary N) is 2. The first-order valence-corrected chi connectivity index (χ1v) is 9.20. The van der Waals surface area contributed by atoms with Crippen LogP contribution in [0.5, 0.6) is 0 Å². The number of carbonyl (C=O) groups excluding carboxylic acids is 2. The van der Waals surface area contributed by atoms with Gasteiger partial charge in [-0.05, 0) is 42.0 Å². The summed E-state index contributed by atoms with van der Waals surface area (Å²) < 4.78 is 5.31. The smallest absolute Gasteiger partial charge is 0.338 e. The van der Waals surface area contributed by atoms with Gasteiger partial charge >= 0.3 is 5.97 Å². The summed E-state index contributed by atoms with van der Waals surface area (Å²) in [5.74, 6) is -0.231. The first kappa shape index (κ1) is 18.4. The minimum Gasteiger partial charge on any atom is -0.449 e. The van der Waals surface area contributed by atoms with Crippen molar-refractivity contribution >= 4 is 28.3 Å². The van der Waals surface area contributed by atoms with Gasteiger partial charge in [0.05, 0.1) is 5.56 Å². The number of hydrogen-bond acceptors (Lipinski definition) is 4. The molecule has 0 spiro atoms. The molecule has 29 heavy (non-hydrogen) atoms. The molecule has 3 aromatic carbocycles. The van der Waals surface area contributed by atoms with Crippen LogP contribution in [-0.2, 0) is 9.53 Å². The zero-order valence-electron chi connectivity index (χ0n) is 15.8. The van der Waals surface area contributed by atoms with Crippen LogP contribution in [0.4, 0.5) is 5.69 Å². The van der Waals surface area contributed by atoms with E-state index in [1.54, 1.807) is 43.6 Å². The highest BCUT2D eigenvalue weighted by atomic mass is 16.5. The highest BCUT2D eigenvalue weighted by Gasteiger charge is 2.19. The van der Waals surface area contributed by atoms with Crippen LogP contribution >= 0.6 is 0 Å². The number of benzene rings is 3. The molecule has 4 aromatic rings. The molecule has 0 fully saturated rings. The summed E-state index contributed by atoms with van der Waals surface area (Å²) in [6, 6.07) is 20.4. The summed E-state index contributed by atoms with van der Waals surface area (Å²) in [7, 11) is 0. The number of H-pyrrole nitrogens is 1. The van der Waals surface area contributed by atoms with Crippen LogP contribution in [-0.4, -0.2) is 27.9 Å². The Kier molecular flexibility index (Phi) is 5.07. The van der Waals surface area contributed by atoms with Crippen molar-refractivity contribution in [3.8, 4) is 11.4 Å². The molecule has 6 nitrogen and oxygen atoms in total. The van der Waals surface area contributed by atoms with Crippen LogP contribution in [0.3, 0.4) is 0 Å². The fourth-order valence-electron chi connectivity index (χ4n) is 2.98. The molecule has 0 aliphatic rings. The largest absolute Gasteiger partial charge is 0.449 e. The number of aromatic nitrogens is 2. The molecule has 0 radical (unpaired) electrons. The Balaban J connectivity index is 1.39. The lowest BCUT2D eigenvalue weighted by Crippen LogP contribution is -2.30. The van der Waals surface area contributed by atoms with Crippen LogP contribution in [0.1, 0.15) is 17.3 Å². The van der Waals surface area contributed by atoms with Gasteiger partial charge in [-0.1, -0.05) is 42.5 Å². The summed E-state index contributed by atoms with van der Waals surface area (Å²) >= 11 is 0. The zero-order valence-corrected chi connectivity index (χ0v) is 15.8. The van der Waals surface area contributed by atoms with E-state index in [-0.39, 0.29) is 5.91 Å². The van der Waals surface area contributed by atoms with E-state index < -0.39 is 12.1 Å². The van der Waals surface area contributed by atoms with Crippen LogP contribution in [0.2, 0.25) is 0 Å². The van der Waals surface area contributed by atoms with Crippen LogP contribution < -0.4 is 5.32 Å². The number of hydrogen-bond donors (Lipinski definition) is 2. The van der Waals surface area contributed by atoms with E-state index in [1.165, 1.54) is 0 Å². The van der Waals surface area contributed by atoms with Gasteiger partial charge in [0.2, 0.25) is 0 Å². The van der Waals surface area contributed by atoms with Gasteiger partial charge in [-0.3, -0.25) is 4.79 Å². The SMILES string of the molecule is CC(OC(=O)c1ccc(-c2ncc[nH]2)cc1)C(=O)Nc1ccc2ccccc2c1. The van der Waals surface area contributed by atoms with Gasteiger partial charge in [-0.25, -0.2) is 9.78 Å². The van der Waals surface area contributed by atoms with Gasteiger partial charge < -0.3 is 15.0 Å². The molecular formula is C23H19N3O3. The maximum Gasteiger partial charge on any atom is 0.338 e. The van der Waals surface area contributed by atoms with E-state index in [9.17, 15) is 9.59 Å². The standard InChI is InChI=1S/C23H19N3O3/c1-15(22(27)26-20-11-10-16-4-2-3-5-19(16)14-20)29-23(28)18-8-6-17(7-9-18)21-24-12-13-25-21/h2-15H,1H3,(H,24,25)(H,26,27). The molecule has 1 amide bonds.